The van der Waals surface area contributed by atoms with E-state index in [0.717, 1.165) is 76.8 Å². The highest BCUT2D eigenvalue weighted by atomic mass is 15.3. The number of likely N-dealkylation sites (N-methyl/N-ethyl adjacent to an activating group) is 2. The SMILES string of the molecule is Cc1cnc(NC(C)CN2CCN(C)CC2)nc1NC(C)CN1CCN(C)CC1. The molecule has 0 aromatic carbocycles. The van der Waals surface area contributed by atoms with Crippen LogP contribution in [0.3, 0.4) is 0 Å². The lowest BCUT2D eigenvalue weighted by atomic mass is 10.2. The summed E-state index contributed by atoms with van der Waals surface area (Å²) in [6.45, 7) is 17.7. The zero-order chi connectivity index (χ0) is 20.8. The van der Waals surface area contributed by atoms with Crippen LogP contribution in [-0.4, -0.2) is 121 Å². The summed E-state index contributed by atoms with van der Waals surface area (Å²) in [7, 11) is 4.39. The van der Waals surface area contributed by atoms with Gasteiger partial charge in [0.1, 0.15) is 5.82 Å². The summed E-state index contributed by atoms with van der Waals surface area (Å²) in [6, 6.07) is 0.666. The fraction of sp³-hybridized carbons (Fsp3) is 0.810. The van der Waals surface area contributed by atoms with Gasteiger partial charge in [0.05, 0.1) is 0 Å². The molecule has 2 atom stereocenters. The lowest BCUT2D eigenvalue weighted by Gasteiger charge is -2.34. The predicted octanol–water partition coefficient (Wildman–Crippen LogP) is 0.881. The molecule has 0 bridgehead atoms. The number of anilines is 2. The molecule has 2 N–H and O–H groups in total. The van der Waals surface area contributed by atoms with Gasteiger partial charge in [-0.3, -0.25) is 9.80 Å². The summed E-state index contributed by atoms with van der Waals surface area (Å²) >= 11 is 0. The van der Waals surface area contributed by atoms with Crippen LogP contribution >= 0.6 is 0 Å². The molecule has 0 saturated carbocycles. The van der Waals surface area contributed by atoms with Gasteiger partial charge in [-0.25, -0.2) is 4.98 Å². The van der Waals surface area contributed by atoms with E-state index in [1.165, 1.54) is 0 Å². The molecule has 164 valence electrons. The first-order valence-electron chi connectivity index (χ1n) is 11.1. The second-order valence-electron chi connectivity index (χ2n) is 9.02. The van der Waals surface area contributed by atoms with Gasteiger partial charge < -0.3 is 20.4 Å². The standard InChI is InChI=1S/C21H40N8/c1-17-14-22-21(24-19(3)16-29-12-8-27(5)9-13-29)25-20(17)23-18(2)15-28-10-6-26(4)7-11-28/h14,18-19H,6-13,15-16H2,1-5H3,(H2,22,23,24,25). The summed E-state index contributed by atoms with van der Waals surface area (Å²) in [5.74, 6) is 1.66. The Morgan fingerprint density at radius 1 is 0.828 bits per heavy atom. The van der Waals surface area contributed by atoms with Crippen molar-refractivity contribution in [3.63, 3.8) is 0 Å². The van der Waals surface area contributed by atoms with E-state index < -0.39 is 0 Å². The van der Waals surface area contributed by atoms with E-state index in [4.69, 9.17) is 4.98 Å². The Morgan fingerprint density at radius 3 is 1.83 bits per heavy atom. The fourth-order valence-electron chi connectivity index (χ4n) is 4.04. The number of nitrogens with one attached hydrogen (secondary N) is 2. The van der Waals surface area contributed by atoms with Crippen LogP contribution in [0.1, 0.15) is 19.4 Å². The van der Waals surface area contributed by atoms with Crippen molar-refractivity contribution < 1.29 is 0 Å². The van der Waals surface area contributed by atoms with Crippen molar-refractivity contribution >= 4 is 11.8 Å². The number of aromatic nitrogens is 2. The Balaban J connectivity index is 1.49. The lowest BCUT2D eigenvalue weighted by molar-refractivity contribution is 0.151. The Hall–Kier alpha value is -1.48. The lowest BCUT2D eigenvalue weighted by Crippen LogP contribution is -2.47. The monoisotopic (exact) mass is 404 g/mol. The summed E-state index contributed by atoms with van der Waals surface area (Å²) in [5.41, 5.74) is 1.09. The van der Waals surface area contributed by atoms with Gasteiger partial charge in [0.2, 0.25) is 5.95 Å². The molecule has 2 aliphatic heterocycles. The van der Waals surface area contributed by atoms with Crippen LogP contribution in [0, 0.1) is 6.92 Å². The number of hydrogen-bond acceptors (Lipinski definition) is 8. The van der Waals surface area contributed by atoms with Crippen molar-refractivity contribution in [3.05, 3.63) is 11.8 Å². The minimum atomic E-state index is 0.316. The van der Waals surface area contributed by atoms with E-state index >= 15 is 0 Å². The topological polar surface area (TPSA) is 62.8 Å². The Morgan fingerprint density at radius 2 is 1.31 bits per heavy atom. The summed E-state index contributed by atoms with van der Waals surface area (Å²) in [4.78, 5) is 19.1. The molecule has 8 heteroatoms. The van der Waals surface area contributed by atoms with E-state index in [9.17, 15) is 0 Å². The van der Waals surface area contributed by atoms with Crippen LogP contribution in [0.4, 0.5) is 11.8 Å². The van der Waals surface area contributed by atoms with Crippen molar-refractivity contribution in [2.45, 2.75) is 32.9 Å². The molecule has 2 fully saturated rings. The number of rotatable bonds is 8. The molecule has 2 unspecified atom stereocenters. The van der Waals surface area contributed by atoms with E-state index in [1.807, 2.05) is 6.20 Å². The van der Waals surface area contributed by atoms with Crippen LogP contribution in [0.2, 0.25) is 0 Å². The van der Waals surface area contributed by atoms with Crippen LogP contribution in [0.25, 0.3) is 0 Å². The molecular weight excluding hydrogens is 364 g/mol. The van der Waals surface area contributed by atoms with Crippen molar-refractivity contribution in [2.75, 3.05) is 90.2 Å². The molecule has 3 rings (SSSR count). The molecule has 8 nitrogen and oxygen atoms in total. The highest BCUT2D eigenvalue weighted by molar-refractivity contribution is 5.47. The number of nitrogens with zero attached hydrogens (tertiary/aromatic N) is 6. The summed E-state index contributed by atoms with van der Waals surface area (Å²) < 4.78 is 0. The Labute approximate surface area is 176 Å². The van der Waals surface area contributed by atoms with Gasteiger partial charge in [0.15, 0.2) is 0 Å². The molecule has 1 aromatic heterocycles. The number of aryl methyl sites for hydroxylation is 1. The minimum absolute atomic E-state index is 0.316. The molecule has 3 heterocycles. The van der Waals surface area contributed by atoms with Gasteiger partial charge in [0, 0.05) is 89.3 Å². The molecule has 29 heavy (non-hydrogen) atoms. The van der Waals surface area contributed by atoms with Crippen LogP contribution < -0.4 is 10.6 Å². The zero-order valence-corrected chi connectivity index (χ0v) is 19.0. The average Bonchev–Trinajstić information content (AvgIpc) is 2.68. The zero-order valence-electron chi connectivity index (χ0n) is 19.0. The Bertz CT molecular complexity index is 623. The third-order valence-electron chi connectivity index (χ3n) is 5.99. The highest BCUT2D eigenvalue weighted by Crippen LogP contribution is 2.15. The number of piperazine rings is 2. The minimum Gasteiger partial charge on any atom is -0.366 e. The van der Waals surface area contributed by atoms with Crippen LogP contribution in [0.5, 0.6) is 0 Å². The van der Waals surface area contributed by atoms with Gasteiger partial charge in [-0.05, 0) is 34.9 Å². The maximum Gasteiger partial charge on any atom is 0.224 e. The fourth-order valence-corrected chi connectivity index (χ4v) is 4.04. The first-order chi connectivity index (χ1) is 13.9. The molecule has 0 radical (unpaired) electrons. The molecule has 0 amide bonds. The van der Waals surface area contributed by atoms with Crippen molar-refractivity contribution in [2.24, 2.45) is 0 Å². The van der Waals surface area contributed by atoms with Crippen molar-refractivity contribution in [1.82, 2.24) is 29.6 Å². The summed E-state index contributed by atoms with van der Waals surface area (Å²) in [5, 5.41) is 7.10. The smallest absolute Gasteiger partial charge is 0.224 e. The summed E-state index contributed by atoms with van der Waals surface area (Å²) in [6.07, 6.45) is 1.92. The van der Waals surface area contributed by atoms with Crippen LogP contribution in [-0.2, 0) is 0 Å². The highest BCUT2D eigenvalue weighted by Gasteiger charge is 2.18. The van der Waals surface area contributed by atoms with Gasteiger partial charge >= 0.3 is 0 Å². The third-order valence-corrected chi connectivity index (χ3v) is 5.99. The van der Waals surface area contributed by atoms with Crippen LogP contribution in [0.15, 0.2) is 6.20 Å². The molecule has 0 spiro atoms. The van der Waals surface area contributed by atoms with Gasteiger partial charge in [-0.2, -0.15) is 4.98 Å². The van der Waals surface area contributed by atoms with Crippen molar-refractivity contribution in [1.29, 1.82) is 0 Å². The average molecular weight is 405 g/mol. The van der Waals surface area contributed by atoms with E-state index in [2.05, 4.69) is 70.1 Å². The van der Waals surface area contributed by atoms with E-state index in [1.54, 1.807) is 0 Å². The molecule has 2 saturated heterocycles. The Kier molecular flexibility index (Phi) is 8.06. The van der Waals surface area contributed by atoms with Gasteiger partial charge in [-0.1, -0.05) is 0 Å². The quantitative estimate of drug-likeness (QED) is 0.662. The normalized spacial score (nSPS) is 22.4. The molecular formula is C21H40N8. The largest absolute Gasteiger partial charge is 0.366 e. The number of hydrogen-bond donors (Lipinski definition) is 2. The molecule has 2 aliphatic rings. The second-order valence-corrected chi connectivity index (χ2v) is 9.02. The van der Waals surface area contributed by atoms with Gasteiger partial charge in [0.25, 0.3) is 0 Å². The maximum absolute atomic E-state index is 4.78. The van der Waals surface area contributed by atoms with Crippen molar-refractivity contribution in [3.8, 4) is 0 Å². The van der Waals surface area contributed by atoms with E-state index in [0.29, 0.717) is 18.0 Å². The molecule has 0 aliphatic carbocycles. The molecule has 1 aromatic rings. The predicted molar refractivity (Wildman–Crippen MR) is 121 cm³/mol. The first-order valence-corrected chi connectivity index (χ1v) is 11.1. The maximum atomic E-state index is 4.78. The second kappa shape index (κ2) is 10.5. The van der Waals surface area contributed by atoms with E-state index in [-0.39, 0.29) is 0 Å². The first kappa shape index (κ1) is 22.2. The third kappa shape index (κ3) is 7.06. The van der Waals surface area contributed by atoms with Gasteiger partial charge in [-0.15, -0.1) is 0 Å².